The summed E-state index contributed by atoms with van der Waals surface area (Å²) in [5, 5.41) is 2.54. The van der Waals surface area contributed by atoms with E-state index in [0.717, 1.165) is 23.8 Å². The predicted molar refractivity (Wildman–Crippen MR) is 121 cm³/mol. The maximum atomic E-state index is 6.31. The van der Waals surface area contributed by atoms with E-state index in [4.69, 9.17) is 4.42 Å². The van der Waals surface area contributed by atoms with Crippen molar-refractivity contribution < 1.29 is 4.42 Å². The summed E-state index contributed by atoms with van der Waals surface area (Å²) in [4.78, 5) is 4.86. The van der Waals surface area contributed by atoms with Gasteiger partial charge in [-0.25, -0.2) is 0 Å². The lowest BCUT2D eigenvalue weighted by Crippen LogP contribution is -2.48. The van der Waals surface area contributed by atoms with Gasteiger partial charge in [-0.2, -0.15) is 0 Å². The lowest BCUT2D eigenvalue weighted by molar-refractivity contribution is 0.435. The third-order valence-corrected chi connectivity index (χ3v) is 7.05. The maximum absolute atomic E-state index is 6.31. The van der Waals surface area contributed by atoms with Gasteiger partial charge in [-0.05, 0) is 60.2 Å². The smallest absolute Gasteiger partial charge is 0.136 e. The molecule has 6 rings (SSSR count). The standard InChI is InChI=1S/C26H26N2O/c1-16-12-24-21(20-13-17-8-4-5-9-18(17)14-25(20)29-24)15-19(16)26-27(2)22-10-6-7-11-23(22)28(26)3/h5-7,9-16,19,26H,4,8H2,1-3H3/t16-,19?/m1/s1. The highest BCUT2D eigenvalue weighted by atomic mass is 16.3. The Bertz CT molecular complexity index is 1250. The van der Waals surface area contributed by atoms with Gasteiger partial charge in [0.2, 0.25) is 0 Å². The van der Waals surface area contributed by atoms with E-state index in [-0.39, 0.29) is 0 Å². The number of benzene rings is 2. The minimum Gasteiger partial charge on any atom is -0.456 e. The van der Waals surface area contributed by atoms with Gasteiger partial charge in [-0.1, -0.05) is 37.3 Å². The van der Waals surface area contributed by atoms with Crippen LogP contribution in [0.4, 0.5) is 11.4 Å². The van der Waals surface area contributed by atoms with Crippen LogP contribution in [0.2, 0.25) is 0 Å². The number of allylic oxidation sites excluding steroid dienone is 1. The summed E-state index contributed by atoms with van der Waals surface area (Å²) in [5.41, 5.74) is 7.42. The zero-order chi connectivity index (χ0) is 19.7. The van der Waals surface area contributed by atoms with Crippen LogP contribution in [0, 0.1) is 11.8 Å². The van der Waals surface area contributed by atoms with Gasteiger partial charge in [-0.15, -0.1) is 0 Å². The highest BCUT2D eigenvalue weighted by molar-refractivity contribution is 5.84. The summed E-state index contributed by atoms with van der Waals surface area (Å²) < 4.78 is 6.31. The molecule has 0 N–H and O–H groups in total. The monoisotopic (exact) mass is 382 g/mol. The number of anilines is 2. The third-order valence-electron chi connectivity index (χ3n) is 7.05. The van der Waals surface area contributed by atoms with Crippen LogP contribution in [0.3, 0.4) is 0 Å². The summed E-state index contributed by atoms with van der Waals surface area (Å²) in [6, 6.07) is 13.3. The van der Waals surface area contributed by atoms with Crippen molar-refractivity contribution in [2.24, 2.45) is 11.8 Å². The summed E-state index contributed by atoms with van der Waals surface area (Å²) >= 11 is 0. The van der Waals surface area contributed by atoms with E-state index in [2.05, 4.69) is 91.5 Å². The second-order valence-electron chi connectivity index (χ2n) is 8.76. The maximum Gasteiger partial charge on any atom is 0.136 e. The van der Waals surface area contributed by atoms with Crippen molar-refractivity contribution >= 4 is 40.6 Å². The fourth-order valence-electron chi connectivity index (χ4n) is 5.53. The Morgan fingerprint density at radius 2 is 1.76 bits per heavy atom. The summed E-state index contributed by atoms with van der Waals surface area (Å²) in [7, 11) is 4.44. The molecule has 0 amide bonds. The van der Waals surface area contributed by atoms with Crippen molar-refractivity contribution in [1.29, 1.82) is 0 Å². The van der Waals surface area contributed by atoms with Gasteiger partial charge in [0.25, 0.3) is 0 Å². The SMILES string of the molecule is C[C@@H]1C=c2oc3cc4c(cc3c2=CC1C1N(C)c2ccccc2N1C)CCC=C4. The number of hydrogen-bond donors (Lipinski definition) is 0. The van der Waals surface area contributed by atoms with Gasteiger partial charge < -0.3 is 14.2 Å². The van der Waals surface area contributed by atoms with Crippen molar-refractivity contribution in [3.8, 4) is 0 Å². The van der Waals surface area contributed by atoms with Crippen LogP contribution < -0.4 is 20.4 Å². The first-order valence-electron chi connectivity index (χ1n) is 10.6. The van der Waals surface area contributed by atoms with Crippen LogP contribution in [-0.4, -0.2) is 20.3 Å². The summed E-state index contributed by atoms with van der Waals surface area (Å²) in [5.74, 6) is 0.795. The van der Waals surface area contributed by atoms with E-state index in [9.17, 15) is 0 Å². The average Bonchev–Trinajstić information content (AvgIpc) is 3.20. The summed E-state index contributed by atoms with van der Waals surface area (Å²) in [6.07, 6.45) is 11.9. The third kappa shape index (κ3) is 2.37. The topological polar surface area (TPSA) is 19.6 Å². The molecule has 1 unspecified atom stereocenters. The first kappa shape index (κ1) is 17.0. The van der Waals surface area contributed by atoms with Crippen LogP contribution in [0.15, 0.2) is 46.9 Å². The number of para-hydroxylation sites is 2. The van der Waals surface area contributed by atoms with E-state index in [1.54, 1.807) is 0 Å². The number of furan rings is 1. The molecule has 0 saturated carbocycles. The highest BCUT2D eigenvalue weighted by Crippen LogP contribution is 2.42. The normalized spacial score (nSPS) is 22.9. The number of aryl methyl sites for hydroxylation is 1. The molecule has 0 spiro atoms. The second kappa shape index (κ2) is 6.03. The Balaban J connectivity index is 1.51. The Labute approximate surface area is 171 Å². The van der Waals surface area contributed by atoms with Gasteiger partial charge in [0.05, 0.1) is 11.4 Å². The van der Waals surface area contributed by atoms with E-state index >= 15 is 0 Å². The molecule has 0 saturated heterocycles. The molecule has 2 heterocycles. The molecule has 0 radical (unpaired) electrons. The van der Waals surface area contributed by atoms with Crippen molar-refractivity contribution in [1.82, 2.24) is 0 Å². The van der Waals surface area contributed by atoms with Gasteiger partial charge in [0.1, 0.15) is 17.2 Å². The molecule has 0 bridgehead atoms. The summed E-state index contributed by atoms with van der Waals surface area (Å²) in [6.45, 7) is 2.32. The van der Waals surface area contributed by atoms with Crippen molar-refractivity contribution in [2.45, 2.75) is 25.9 Å². The Kier molecular flexibility index (Phi) is 3.53. The van der Waals surface area contributed by atoms with Gasteiger partial charge in [0.15, 0.2) is 0 Å². The zero-order valence-corrected chi connectivity index (χ0v) is 17.2. The van der Waals surface area contributed by atoms with E-state index in [0.29, 0.717) is 18.0 Å². The molecule has 2 aromatic carbocycles. The molecular weight excluding hydrogens is 356 g/mol. The minimum atomic E-state index is 0.303. The molecular formula is C26H26N2O. The van der Waals surface area contributed by atoms with Gasteiger partial charge in [-0.3, -0.25) is 0 Å². The first-order valence-corrected chi connectivity index (χ1v) is 10.6. The number of hydrogen-bond acceptors (Lipinski definition) is 3. The molecule has 2 atom stereocenters. The van der Waals surface area contributed by atoms with Crippen molar-refractivity contribution in [3.05, 3.63) is 64.2 Å². The van der Waals surface area contributed by atoms with Crippen LogP contribution in [0.25, 0.3) is 29.2 Å². The largest absolute Gasteiger partial charge is 0.456 e. The second-order valence-corrected chi connectivity index (χ2v) is 8.76. The average molecular weight is 383 g/mol. The van der Waals surface area contributed by atoms with E-state index < -0.39 is 0 Å². The molecule has 1 aromatic heterocycles. The molecule has 2 aliphatic carbocycles. The predicted octanol–water partition coefficient (Wildman–Crippen LogP) is 4.13. The van der Waals surface area contributed by atoms with Crippen molar-refractivity contribution in [3.63, 3.8) is 0 Å². The van der Waals surface area contributed by atoms with Crippen LogP contribution in [0.1, 0.15) is 24.5 Å². The molecule has 3 aromatic rings. The zero-order valence-electron chi connectivity index (χ0n) is 17.2. The lowest BCUT2D eigenvalue weighted by Gasteiger charge is -2.36. The van der Waals surface area contributed by atoms with Crippen LogP contribution in [0.5, 0.6) is 0 Å². The lowest BCUT2D eigenvalue weighted by atomic mass is 9.85. The molecule has 1 aliphatic heterocycles. The Morgan fingerprint density at radius 3 is 2.52 bits per heavy atom. The highest BCUT2D eigenvalue weighted by Gasteiger charge is 2.38. The van der Waals surface area contributed by atoms with Crippen molar-refractivity contribution in [2.75, 3.05) is 23.9 Å². The Morgan fingerprint density at radius 1 is 1.00 bits per heavy atom. The van der Waals surface area contributed by atoms with E-state index in [1.165, 1.54) is 33.1 Å². The minimum absolute atomic E-state index is 0.303. The van der Waals surface area contributed by atoms with Gasteiger partial charge in [0, 0.05) is 30.6 Å². The first-order chi connectivity index (χ1) is 14.1. The molecule has 3 nitrogen and oxygen atoms in total. The number of nitrogens with zero attached hydrogens (tertiary/aromatic N) is 2. The quantitative estimate of drug-likeness (QED) is 0.631. The molecule has 3 heteroatoms. The van der Waals surface area contributed by atoms with Gasteiger partial charge >= 0.3 is 0 Å². The molecule has 3 aliphatic rings. The Hall–Kier alpha value is -2.94. The number of fused-ring (bicyclic) bond motifs is 5. The fraction of sp³-hybridized carbons (Fsp3) is 0.308. The molecule has 146 valence electrons. The molecule has 0 fully saturated rings. The van der Waals surface area contributed by atoms with E-state index in [1.807, 2.05) is 0 Å². The fourth-order valence-corrected chi connectivity index (χ4v) is 5.53. The molecule has 29 heavy (non-hydrogen) atoms. The van der Waals surface area contributed by atoms with Crippen LogP contribution >= 0.6 is 0 Å². The van der Waals surface area contributed by atoms with Crippen LogP contribution in [-0.2, 0) is 6.42 Å². The number of rotatable bonds is 1.